The van der Waals surface area contributed by atoms with Crippen LogP contribution in [0.15, 0.2) is 42.5 Å². The number of benzene rings is 2. The van der Waals surface area contributed by atoms with Crippen molar-refractivity contribution in [3.63, 3.8) is 0 Å². The SMILES string of the molecule is CCC(Nc1ccc2cc3ccc(NC(CC)N(CC)CC)cc3nc2c1)N(CC)CC. The van der Waals surface area contributed by atoms with Crippen LogP contribution >= 0.6 is 0 Å². The molecule has 0 aliphatic heterocycles. The first-order valence-electron chi connectivity index (χ1n) is 12.4. The molecular weight excluding hydrogens is 394 g/mol. The minimum atomic E-state index is 0.338. The van der Waals surface area contributed by atoms with Crippen LogP contribution in [0.1, 0.15) is 54.4 Å². The summed E-state index contributed by atoms with van der Waals surface area (Å²) in [5, 5.41) is 9.77. The van der Waals surface area contributed by atoms with E-state index in [1.165, 1.54) is 10.8 Å². The number of hydrogen-bond acceptors (Lipinski definition) is 5. The average molecular weight is 436 g/mol. The Balaban J connectivity index is 1.89. The maximum absolute atomic E-state index is 5.03. The minimum absolute atomic E-state index is 0.338. The van der Waals surface area contributed by atoms with Gasteiger partial charge >= 0.3 is 0 Å². The van der Waals surface area contributed by atoms with Crippen molar-refractivity contribution in [2.24, 2.45) is 0 Å². The Kier molecular flexibility index (Phi) is 8.71. The number of nitrogens with zero attached hydrogens (tertiary/aromatic N) is 3. The molecule has 3 aromatic rings. The molecule has 174 valence electrons. The van der Waals surface area contributed by atoms with E-state index in [-0.39, 0.29) is 0 Å². The van der Waals surface area contributed by atoms with E-state index >= 15 is 0 Å². The number of pyridine rings is 1. The molecular formula is C27H41N5. The van der Waals surface area contributed by atoms with E-state index in [0.29, 0.717) is 12.3 Å². The van der Waals surface area contributed by atoms with Crippen molar-refractivity contribution in [3.05, 3.63) is 42.5 Å². The van der Waals surface area contributed by atoms with E-state index in [1.54, 1.807) is 0 Å². The van der Waals surface area contributed by atoms with Crippen molar-refractivity contribution in [2.75, 3.05) is 36.8 Å². The molecule has 0 saturated heterocycles. The van der Waals surface area contributed by atoms with E-state index in [4.69, 9.17) is 4.98 Å². The number of hydrogen-bond donors (Lipinski definition) is 2. The summed E-state index contributed by atoms with van der Waals surface area (Å²) in [6, 6.07) is 15.3. The first-order valence-corrected chi connectivity index (χ1v) is 12.4. The molecule has 0 bridgehead atoms. The van der Waals surface area contributed by atoms with Gasteiger partial charge in [0.25, 0.3) is 0 Å². The lowest BCUT2D eigenvalue weighted by atomic mass is 10.1. The minimum Gasteiger partial charge on any atom is -0.370 e. The Morgan fingerprint density at radius 1 is 0.625 bits per heavy atom. The first kappa shape index (κ1) is 24.3. The third kappa shape index (κ3) is 5.51. The van der Waals surface area contributed by atoms with Gasteiger partial charge in [0.2, 0.25) is 0 Å². The van der Waals surface area contributed by atoms with E-state index in [9.17, 15) is 0 Å². The molecule has 0 saturated carbocycles. The highest BCUT2D eigenvalue weighted by atomic mass is 15.3. The Labute approximate surface area is 194 Å². The summed E-state index contributed by atoms with van der Waals surface area (Å²) in [5.41, 5.74) is 4.32. The second-order valence-corrected chi connectivity index (χ2v) is 8.38. The van der Waals surface area contributed by atoms with Crippen molar-refractivity contribution in [3.8, 4) is 0 Å². The third-order valence-electron chi connectivity index (χ3n) is 6.56. The van der Waals surface area contributed by atoms with Crippen molar-refractivity contribution >= 4 is 33.2 Å². The molecule has 0 fully saturated rings. The zero-order valence-corrected chi connectivity index (χ0v) is 20.8. The van der Waals surface area contributed by atoms with Crippen molar-refractivity contribution in [1.82, 2.24) is 14.8 Å². The van der Waals surface area contributed by atoms with Crippen LogP contribution in [-0.4, -0.2) is 53.3 Å². The molecule has 2 atom stereocenters. The summed E-state index contributed by atoms with van der Waals surface area (Å²) in [4.78, 5) is 9.94. The Hall–Kier alpha value is -2.37. The highest BCUT2D eigenvalue weighted by Crippen LogP contribution is 2.26. The Bertz CT molecular complexity index is 917. The molecule has 3 rings (SSSR count). The fraction of sp³-hybridized carbons (Fsp3) is 0.519. The van der Waals surface area contributed by atoms with Crippen LogP contribution in [0.25, 0.3) is 21.8 Å². The first-order chi connectivity index (χ1) is 15.6. The van der Waals surface area contributed by atoms with Crippen LogP contribution in [0.4, 0.5) is 11.4 Å². The Morgan fingerprint density at radius 3 is 1.38 bits per heavy atom. The molecule has 0 radical (unpaired) electrons. The molecule has 0 spiro atoms. The molecule has 2 unspecified atom stereocenters. The van der Waals surface area contributed by atoms with E-state index in [0.717, 1.165) is 61.4 Å². The second-order valence-electron chi connectivity index (χ2n) is 8.38. The molecule has 5 nitrogen and oxygen atoms in total. The van der Waals surface area contributed by atoms with Gasteiger partial charge in [-0.15, -0.1) is 0 Å². The summed E-state index contributed by atoms with van der Waals surface area (Å²) in [6.07, 6.45) is 2.80. The fourth-order valence-corrected chi connectivity index (χ4v) is 4.62. The van der Waals surface area contributed by atoms with E-state index < -0.39 is 0 Å². The second kappa shape index (κ2) is 11.5. The highest BCUT2D eigenvalue weighted by Gasteiger charge is 2.15. The fourth-order valence-electron chi connectivity index (χ4n) is 4.62. The number of anilines is 2. The summed E-state index contributed by atoms with van der Waals surface area (Å²) in [7, 11) is 0. The lowest BCUT2D eigenvalue weighted by Gasteiger charge is -2.30. The maximum Gasteiger partial charge on any atom is 0.0790 e. The number of aromatic nitrogens is 1. The molecule has 0 aliphatic carbocycles. The highest BCUT2D eigenvalue weighted by molar-refractivity contribution is 5.95. The predicted octanol–water partition coefficient (Wildman–Crippen LogP) is 6.37. The molecule has 0 aliphatic rings. The maximum atomic E-state index is 5.03. The summed E-state index contributed by atoms with van der Waals surface area (Å²) in [5.74, 6) is 0. The van der Waals surface area contributed by atoms with Crippen molar-refractivity contribution in [1.29, 1.82) is 0 Å². The topological polar surface area (TPSA) is 43.4 Å². The van der Waals surface area contributed by atoms with Gasteiger partial charge in [0.1, 0.15) is 0 Å². The number of nitrogens with one attached hydrogen (secondary N) is 2. The largest absolute Gasteiger partial charge is 0.370 e. The van der Waals surface area contributed by atoms with Gasteiger partial charge in [-0.25, -0.2) is 4.98 Å². The van der Waals surface area contributed by atoms with Crippen molar-refractivity contribution < 1.29 is 0 Å². The van der Waals surface area contributed by atoms with Gasteiger partial charge in [0, 0.05) is 22.1 Å². The normalized spacial score (nSPS) is 13.8. The lowest BCUT2D eigenvalue weighted by molar-refractivity contribution is 0.233. The zero-order valence-electron chi connectivity index (χ0n) is 20.8. The van der Waals surface area contributed by atoms with Crippen LogP contribution in [0.5, 0.6) is 0 Å². The van der Waals surface area contributed by atoms with Gasteiger partial charge in [-0.2, -0.15) is 0 Å². The van der Waals surface area contributed by atoms with E-state index in [2.05, 4.69) is 104 Å². The summed E-state index contributed by atoms with van der Waals surface area (Å²) < 4.78 is 0. The quantitative estimate of drug-likeness (QED) is 0.256. The predicted molar refractivity (Wildman–Crippen MR) is 140 cm³/mol. The Morgan fingerprint density at radius 2 is 1.03 bits per heavy atom. The van der Waals surface area contributed by atoms with Crippen LogP contribution in [0.3, 0.4) is 0 Å². The van der Waals surface area contributed by atoms with Gasteiger partial charge in [0.15, 0.2) is 0 Å². The number of rotatable bonds is 12. The molecule has 2 N–H and O–H groups in total. The molecule has 1 aromatic heterocycles. The molecule has 2 aromatic carbocycles. The van der Waals surface area contributed by atoms with Crippen LogP contribution in [-0.2, 0) is 0 Å². The van der Waals surface area contributed by atoms with Crippen LogP contribution < -0.4 is 10.6 Å². The number of fused-ring (bicyclic) bond motifs is 2. The van der Waals surface area contributed by atoms with E-state index in [1.807, 2.05) is 0 Å². The van der Waals surface area contributed by atoms with Gasteiger partial charge in [0.05, 0.1) is 23.4 Å². The molecule has 5 heteroatoms. The molecule has 1 heterocycles. The monoisotopic (exact) mass is 435 g/mol. The van der Waals surface area contributed by atoms with Gasteiger partial charge < -0.3 is 10.6 Å². The standard InChI is InChI=1S/C27H41N5/c1-7-26(31(9-3)10-4)28-22-15-13-20-17-21-14-16-23(19-25(21)30-24(20)18-22)29-27(8-2)32(11-5)12-6/h13-19,26-29H,7-12H2,1-6H3. The zero-order chi connectivity index (χ0) is 23.1. The smallest absolute Gasteiger partial charge is 0.0790 e. The van der Waals surface area contributed by atoms with Gasteiger partial charge in [-0.05, 0) is 69.4 Å². The lowest BCUT2D eigenvalue weighted by Crippen LogP contribution is -2.40. The average Bonchev–Trinajstić information content (AvgIpc) is 2.82. The van der Waals surface area contributed by atoms with Gasteiger partial charge in [-0.1, -0.05) is 53.7 Å². The van der Waals surface area contributed by atoms with Crippen LogP contribution in [0.2, 0.25) is 0 Å². The molecule has 0 amide bonds. The molecule has 32 heavy (non-hydrogen) atoms. The summed E-state index contributed by atoms with van der Waals surface area (Å²) >= 11 is 0. The summed E-state index contributed by atoms with van der Waals surface area (Å²) in [6.45, 7) is 17.5. The third-order valence-corrected chi connectivity index (χ3v) is 6.56. The van der Waals surface area contributed by atoms with Crippen molar-refractivity contribution in [2.45, 2.75) is 66.7 Å². The van der Waals surface area contributed by atoms with Gasteiger partial charge in [-0.3, -0.25) is 9.80 Å². The van der Waals surface area contributed by atoms with Crippen LogP contribution in [0, 0.1) is 0 Å².